The Balaban J connectivity index is 3.08. The monoisotopic (exact) mass is 127 g/mol. The van der Waals surface area contributed by atoms with E-state index in [-0.39, 0.29) is 0 Å². The summed E-state index contributed by atoms with van der Waals surface area (Å²) >= 11 is 5.42. The molecule has 0 aliphatic heterocycles. The average molecular weight is 128 g/mol. The van der Waals surface area contributed by atoms with Crippen molar-refractivity contribution in [1.29, 1.82) is 0 Å². The van der Waals surface area contributed by atoms with Crippen LogP contribution in [0.15, 0.2) is 6.20 Å². The van der Waals surface area contributed by atoms with Crippen LogP contribution < -0.4 is 0 Å². The number of hydrogen-bond donors (Lipinski definition) is 0. The van der Waals surface area contributed by atoms with E-state index in [1.807, 2.05) is 6.92 Å². The standard InChI is InChI=1S/C5H4ClN2/c1-4-2-7-3-5(6)8-4/h2H,1H3. The third-order valence-corrected chi connectivity index (χ3v) is 0.852. The zero-order chi connectivity index (χ0) is 5.98. The summed E-state index contributed by atoms with van der Waals surface area (Å²) in [4.78, 5) is 7.49. The first-order valence-electron chi connectivity index (χ1n) is 2.16. The van der Waals surface area contributed by atoms with Gasteiger partial charge in [0.25, 0.3) is 0 Å². The maximum Gasteiger partial charge on any atom is 0.157 e. The van der Waals surface area contributed by atoms with Crippen LogP contribution in [0.25, 0.3) is 0 Å². The maximum absolute atomic E-state index is 5.42. The first kappa shape index (κ1) is 5.51. The Morgan fingerprint density at radius 3 is 2.88 bits per heavy atom. The average Bonchev–Trinajstić information content (AvgIpc) is 1.64. The van der Waals surface area contributed by atoms with Crippen molar-refractivity contribution in [2.75, 3.05) is 0 Å². The third kappa shape index (κ3) is 1.17. The van der Waals surface area contributed by atoms with Crippen molar-refractivity contribution in [3.8, 4) is 0 Å². The summed E-state index contributed by atoms with van der Waals surface area (Å²) in [6.45, 7) is 1.83. The summed E-state index contributed by atoms with van der Waals surface area (Å²) in [6.07, 6.45) is 4.08. The van der Waals surface area contributed by atoms with E-state index in [1.165, 1.54) is 0 Å². The molecular formula is C5H4ClN2. The lowest BCUT2D eigenvalue weighted by Crippen LogP contribution is -1.81. The number of halogens is 1. The number of rotatable bonds is 0. The highest BCUT2D eigenvalue weighted by molar-refractivity contribution is 6.29. The van der Waals surface area contributed by atoms with Gasteiger partial charge in [-0.1, -0.05) is 11.6 Å². The second kappa shape index (κ2) is 2.09. The molecule has 3 heteroatoms. The van der Waals surface area contributed by atoms with E-state index in [4.69, 9.17) is 11.6 Å². The van der Waals surface area contributed by atoms with Gasteiger partial charge in [-0.2, -0.15) is 0 Å². The van der Waals surface area contributed by atoms with Gasteiger partial charge in [0.15, 0.2) is 5.15 Å². The zero-order valence-corrected chi connectivity index (χ0v) is 5.11. The Morgan fingerprint density at radius 1 is 1.75 bits per heavy atom. The van der Waals surface area contributed by atoms with Gasteiger partial charge in [0.2, 0.25) is 0 Å². The van der Waals surface area contributed by atoms with Crippen molar-refractivity contribution in [2.24, 2.45) is 0 Å². The minimum Gasteiger partial charge on any atom is -0.249 e. The zero-order valence-electron chi connectivity index (χ0n) is 4.35. The molecule has 1 aromatic rings. The lowest BCUT2D eigenvalue weighted by molar-refractivity contribution is 1.11. The quantitative estimate of drug-likeness (QED) is 0.524. The fourth-order valence-corrected chi connectivity index (χ4v) is 0.570. The summed E-state index contributed by atoms with van der Waals surface area (Å²) in [5.74, 6) is 0. The van der Waals surface area contributed by atoms with E-state index in [0.29, 0.717) is 5.15 Å². The lowest BCUT2D eigenvalue weighted by atomic mass is 10.5. The Morgan fingerprint density at radius 2 is 2.50 bits per heavy atom. The SMILES string of the molecule is Cc1cn[c]c(Cl)n1. The number of aromatic nitrogens is 2. The van der Waals surface area contributed by atoms with Gasteiger partial charge in [0.1, 0.15) is 6.20 Å². The second-order valence-corrected chi connectivity index (χ2v) is 1.77. The topological polar surface area (TPSA) is 25.8 Å². The normalized spacial score (nSPS) is 9.25. The number of aryl methyl sites for hydroxylation is 1. The fourth-order valence-electron chi connectivity index (χ4n) is 0.388. The summed E-state index contributed by atoms with van der Waals surface area (Å²) in [6, 6.07) is 0. The largest absolute Gasteiger partial charge is 0.249 e. The van der Waals surface area contributed by atoms with Crippen molar-refractivity contribution < 1.29 is 0 Å². The van der Waals surface area contributed by atoms with Crippen LogP contribution >= 0.6 is 11.6 Å². The molecule has 0 atom stereocenters. The van der Waals surface area contributed by atoms with Crippen LogP contribution in [-0.4, -0.2) is 9.97 Å². The Hall–Kier alpha value is -0.630. The first-order chi connectivity index (χ1) is 3.79. The molecule has 0 aliphatic rings. The molecule has 1 radical (unpaired) electrons. The molecule has 8 heavy (non-hydrogen) atoms. The van der Waals surface area contributed by atoms with Gasteiger partial charge in [-0.25, -0.2) is 9.97 Å². The number of hydrogen-bond acceptors (Lipinski definition) is 2. The molecule has 2 nitrogen and oxygen atoms in total. The van der Waals surface area contributed by atoms with Crippen molar-refractivity contribution in [2.45, 2.75) is 6.92 Å². The van der Waals surface area contributed by atoms with Crippen LogP contribution in [-0.2, 0) is 0 Å². The van der Waals surface area contributed by atoms with Gasteiger partial charge in [0.05, 0.1) is 5.69 Å². The molecule has 0 N–H and O–H groups in total. The predicted molar refractivity (Wildman–Crippen MR) is 30.6 cm³/mol. The second-order valence-electron chi connectivity index (χ2n) is 1.41. The highest BCUT2D eigenvalue weighted by atomic mass is 35.5. The fraction of sp³-hybridized carbons (Fsp3) is 0.200. The van der Waals surface area contributed by atoms with Gasteiger partial charge >= 0.3 is 0 Å². The summed E-state index contributed by atoms with van der Waals surface area (Å²) in [5, 5.41) is 0.324. The van der Waals surface area contributed by atoms with E-state index < -0.39 is 0 Å². The molecule has 0 aliphatic carbocycles. The highest BCUT2D eigenvalue weighted by Gasteiger charge is 1.86. The van der Waals surface area contributed by atoms with Crippen LogP contribution in [0.1, 0.15) is 5.69 Å². The summed E-state index contributed by atoms with van der Waals surface area (Å²) in [7, 11) is 0. The lowest BCUT2D eigenvalue weighted by Gasteiger charge is -1.86. The maximum atomic E-state index is 5.42. The van der Waals surface area contributed by atoms with Crippen LogP contribution in [0.2, 0.25) is 5.15 Å². The minimum absolute atomic E-state index is 0.324. The van der Waals surface area contributed by atoms with Gasteiger partial charge < -0.3 is 0 Å². The molecule has 0 amide bonds. The molecule has 1 heterocycles. The van der Waals surface area contributed by atoms with Gasteiger partial charge in [-0.15, -0.1) is 0 Å². The van der Waals surface area contributed by atoms with Crippen LogP contribution in [0.4, 0.5) is 0 Å². The molecule has 0 bridgehead atoms. The molecule has 0 saturated carbocycles. The summed E-state index contributed by atoms with van der Waals surface area (Å²) in [5.41, 5.74) is 0.814. The van der Waals surface area contributed by atoms with Gasteiger partial charge in [0, 0.05) is 6.20 Å². The highest BCUT2D eigenvalue weighted by Crippen LogP contribution is 1.98. The molecule has 0 fully saturated rings. The van der Waals surface area contributed by atoms with Gasteiger partial charge in [-0.05, 0) is 6.92 Å². The van der Waals surface area contributed by atoms with Crippen molar-refractivity contribution in [1.82, 2.24) is 9.97 Å². The molecule has 1 rings (SSSR count). The smallest absolute Gasteiger partial charge is 0.157 e. The molecule has 0 spiro atoms. The molecule has 1 aromatic heterocycles. The third-order valence-electron chi connectivity index (χ3n) is 0.683. The summed E-state index contributed by atoms with van der Waals surface area (Å²) < 4.78 is 0. The first-order valence-corrected chi connectivity index (χ1v) is 2.53. The predicted octanol–water partition coefficient (Wildman–Crippen LogP) is 1.24. The Bertz CT molecular complexity index is 170. The van der Waals surface area contributed by atoms with E-state index in [9.17, 15) is 0 Å². The Kier molecular flexibility index (Phi) is 1.44. The molecule has 0 saturated heterocycles. The van der Waals surface area contributed by atoms with Gasteiger partial charge in [-0.3, -0.25) is 0 Å². The Labute approximate surface area is 52.5 Å². The molecule has 0 aromatic carbocycles. The van der Waals surface area contributed by atoms with E-state index in [0.717, 1.165) is 5.69 Å². The van der Waals surface area contributed by atoms with E-state index in [1.54, 1.807) is 6.20 Å². The van der Waals surface area contributed by atoms with Crippen LogP contribution in [0.5, 0.6) is 0 Å². The minimum atomic E-state index is 0.324. The van der Waals surface area contributed by atoms with E-state index >= 15 is 0 Å². The van der Waals surface area contributed by atoms with E-state index in [2.05, 4.69) is 16.2 Å². The van der Waals surface area contributed by atoms with Crippen LogP contribution in [0, 0.1) is 13.1 Å². The van der Waals surface area contributed by atoms with Crippen molar-refractivity contribution >= 4 is 11.6 Å². The molecular weight excluding hydrogens is 124 g/mol. The molecule has 41 valence electrons. The molecule has 0 unspecified atom stereocenters. The van der Waals surface area contributed by atoms with Crippen molar-refractivity contribution in [3.63, 3.8) is 0 Å². The number of nitrogens with zero attached hydrogens (tertiary/aromatic N) is 2. The van der Waals surface area contributed by atoms with Crippen LogP contribution in [0.3, 0.4) is 0 Å². The van der Waals surface area contributed by atoms with Crippen molar-refractivity contribution in [3.05, 3.63) is 23.2 Å².